The van der Waals surface area contributed by atoms with Gasteiger partial charge in [-0.1, -0.05) is 18.2 Å². The third-order valence-electron chi connectivity index (χ3n) is 6.08. The Labute approximate surface area is 178 Å². The molecule has 7 nitrogen and oxygen atoms in total. The highest BCUT2D eigenvalue weighted by Gasteiger charge is 2.30. The number of aliphatic imine (C=N–C) groups is 1. The number of aromatic nitrogens is 1. The highest BCUT2D eigenvalue weighted by Crippen LogP contribution is 2.22. The van der Waals surface area contributed by atoms with E-state index in [4.69, 9.17) is 9.73 Å². The Hall–Kier alpha value is -2.54. The number of H-pyrrole nitrogens is 1. The van der Waals surface area contributed by atoms with Crippen LogP contribution in [0.5, 0.6) is 0 Å². The first-order chi connectivity index (χ1) is 14.7. The Morgan fingerprint density at radius 1 is 1.23 bits per heavy atom. The Balaban J connectivity index is 1.36. The monoisotopic (exact) mass is 411 g/mol. The van der Waals surface area contributed by atoms with Gasteiger partial charge in [0.2, 0.25) is 0 Å². The summed E-state index contributed by atoms with van der Waals surface area (Å²) in [5.41, 5.74) is 3.75. The maximum atomic E-state index is 12.6. The van der Waals surface area contributed by atoms with Crippen LogP contribution in [-0.2, 0) is 16.0 Å². The summed E-state index contributed by atoms with van der Waals surface area (Å²) in [5, 5.41) is 4.71. The fourth-order valence-corrected chi connectivity index (χ4v) is 4.47. The second-order valence-electron chi connectivity index (χ2n) is 8.07. The number of rotatable bonds is 5. The van der Waals surface area contributed by atoms with Crippen molar-refractivity contribution in [3.05, 3.63) is 35.5 Å². The van der Waals surface area contributed by atoms with Gasteiger partial charge in [0, 0.05) is 62.5 Å². The molecule has 1 amide bonds. The number of carbonyl (C=O) groups excluding carboxylic acids is 1. The fourth-order valence-electron chi connectivity index (χ4n) is 4.47. The molecule has 0 radical (unpaired) electrons. The predicted octanol–water partition coefficient (Wildman–Crippen LogP) is 2.31. The molecular weight excluding hydrogens is 378 g/mol. The lowest BCUT2D eigenvalue weighted by Crippen LogP contribution is -2.55. The SMILES string of the molecule is CCNC(=NCCc1c(C)[nH]c2ccccc12)N1CCN(C(=O)C2CCCO2)CC1. The lowest BCUT2D eigenvalue weighted by molar-refractivity contribution is -0.142. The van der Waals surface area contributed by atoms with E-state index < -0.39 is 0 Å². The molecule has 30 heavy (non-hydrogen) atoms. The van der Waals surface area contributed by atoms with Gasteiger partial charge in [0.05, 0.1) is 0 Å². The van der Waals surface area contributed by atoms with E-state index in [0.29, 0.717) is 6.61 Å². The summed E-state index contributed by atoms with van der Waals surface area (Å²) < 4.78 is 5.57. The summed E-state index contributed by atoms with van der Waals surface area (Å²) in [6, 6.07) is 8.44. The molecule has 0 saturated carbocycles. The molecule has 2 saturated heterocycles. The number of fused-ring (bicyclic) bond motifs is 1. The van der Waals surface area contributed by atoms with E-state index in [1.165, 1.54) is 22.2 Å². The van der Waals surface area contributed by atoms with E-state index in [2.05, 4.69) is 53.3 Å². The van der Waals surface area contributed by atoms with Crippen molar-refractivity contribution in [2.75, 3.05) is 45.9 Å². The number of ether oxygens (including phenoxy) is 1. The van der Waals surface area contributed by atoms with E-state index in [1.54, 1.807) is 0 Å². The number of hydrogen-bond acceptors (Lipinski definition) is 3. The van der Waals surface area contributed by atoms with Crippen LogP contribution < -0.4 is 5.32 Å². The maximum Gasteiger partial charge on any atom is 0.251 e. The van der Waals surface area contributed by atoms with Gasteiger partial charge in [-0.15, -0.1) is 0 Å². The van der Waals surface area contributed by atoms with Gasteiger partial charge < -0.3 is 24.8 Å². The van der Waals surface area contributed by atoms with E-state index in [1.807, 2.05) is 4.90 Å². The van der Waals surface area contributed by atoms with Crippen LogP contribution in [0.3, 0.4) is 0 Å². The van der Waals surface area contributed by atoms with Crippen molar-refractivity contribution in [1.82, 2.24) is 20.1 Å². The molecule has 1 aromatic heterocycles. The number of aryl methyl sites for hydroxylation is 1. The first kappa shape index (κ1) is 20.7. The van der Waals surface area contributed by atoms with Crippen LogP contribution in [-0.4, -0.2) is 78.6 Å². The molecule has 1 unspecified atom stereocenters. The molecule has 7 heteroatoms. The molecule has 1 atom stereocenters. The second kappa shape index (κ2) is 9.51. The smallest absolute Gasteiger partial charge is 0.251 e. The Kier molecular flexibility index (Phi) is 6.57. The molecule has 2 N–H and O–H groups in total. The summed E-state index contributed by atoms with van der Waals surface area (Å²) in [6.45, 7) is 9.57. The molecule has 1 aromatic carbocycles. The van der Waals surface area contributed by atoms with Crippen LogP contribution in [0.1, 0.15) is 31.0 Å². The zero-order valence-electron chi connectivity index (χ0n) is 18.1. The van der Waals surface area contributed by atoms with E-state index in [0.717, 1.165) is 64.5 Å². The van der Waals surface area contributed by atoms with Crippen LogP contribution in [0.15, 0.2) is 29.3 Å². The highest BCUT2D eigenvalue weighted by molar-refractivity contribution is 5.85. The van der Waals surface area contributed by atoms with Crippen molar-refractivity contribution in [3.8, 4) is 0 Å². The van der Waals surface area contributed by atoms with Crippen molar-refractivity contribution in [2.24, 2.45) is 4.99 Å². The zero-order valence-corrected chi connectivity index (χ0v) is 18.1. The van der Waals surface area contributed by atoms with Gasteiger partial charge in [-0.2, -0.15) is 0 Å². The number of piperazine rings is 1. The lowest BCUT2D eigenvalue weighted by atomic mass is 10.1. The summed E-state index contributed by atoms with van der Waals surface area (Å²) in [7, 11) is 0. The number of para-hydroxylation sites is 1. The number of hydrogen-bond donors (Lipinski definition) is 2. The molecular formula is C23H33N5O2. The minimum atomic E-state index is -0.224. The first-order valence-corrected chi connectivity index (χ1v) is 11.2. The van der Waals surface area contributed by atoms with Gasteiger partial charge in [-0.05, 0) is 44.7 Å². The van der Waals surface area contributed by atoms with Gasteiger partial charge in [0.15, 0.2) is 5.96 Å². The maximum absolute atomic E-state index is 12.6. The number of carbonyl (C=O) groups is 1. The molecule has 2 aliphatic heterocycles. The Bertz CT molecular complexity index is 892. The largest absolute Gasteiger partial charge is 0.368 e. The van der Waals surface area contributed by atoms with Crippen molar-refractivity contribution in [3.63, 3.8) is 0 Å². The van der Waals surface area contributed by atoms with E-state index in [-0.39, 0.29) is 12.0 Å². The van der Waals surface area contributed by atoms with Crippen molar-refractivity contribution in [2.45, 2.75) is 39.2 Å². The van der Waals surface area contributed by atoms with Gasteiger partial charge in [-0.3, -0.25) is 9.79 Å². The highest BCUT2D eigenvalue weighted by atomic mass is 16.5. The molecule has 2 aliphatic rings. The molecule has 162 valence electrons. The lowest BCUT2D eigenvalue weighted by Gasteiger charge is -2.37. The minimum absolute atomic E-state index is 0.156. The number of aromatic amines is 1. The van der Waals surface area contributed by atoms with Crippen molar-refractivity contribution in [1.29, 1.82) is 0 Å². The van der Waals surface area contributed by atoms with Crippen LogP contribution in [0.4, 0.5) is 0 Å². The van der Waals surface area contributed by atoms with E-state index >= 15 is 0 Å². The van der Waals surface area contributed by atoms with Crippen LogP contribution in [0.2, 0.25) is 0 Å². The predicted molar refractivity (Wildman–Crippen MR) is 120 cm³/mol. The first-order valence-electron chi connectivity index (χ1n) is 11.2. The number of amides is 1. The van der Waals surface area contributed by atoms with Crippen LogP contribution in [0.25, 0.3) is 10.9 Å². The van der Waals surface area contributed by atoms with Gasteiger partial charge in [0.25, 0.3) is 5.91 Å². The van der Waals surface area contributed by atoms with Crippen molar-refractivity contribution < 1.29 is 9.53 Å². The summed E-state index contributed by atoms with van der Waals surface area (Å²) in [5.74, 6) is 1.10. The number of nitrogens with one attached hydrogen (secondary N) is 2. The molecule has 2 aromatic rings. The number of guanidine groups is 1. The van der Waals surface area contributed by atoms with E-state index in [9.17, 15) is 4.79 Å². The van der Waals surface area contributed by atoms with Gasteiger partial charge in [0.1, 0.15) is 6.10 Å². The average molecular weight is 412 g/mol. The van der Waals surface area contributed by atoms with Gasteiger partial charge in [-0.25, -0.2) is 0 Å². The minimum Gasteiger partial charge on any atom is -0.368 e. The normalized spacial score (nSPS) is 20.2. The molecule has 0 aliphatic carbocycles. The van der Waals surface area contributed by atoms with Crippen molar-refractivity contribution >= 4 is 22.8 Å². The Morgan fingerprint density at radius 2 is 2.00 bits per heavy atom. The summed E-state index contributed by atoms with van der Waals surface area (Å²) >= 11 is 0. The molecule has 0 spiro atoms. The standard InChI is InChI=1S/C23H33N5O2/c1-3-24-23(25-11-10-18-17(2)26-20-8-5-4-7-19(18)20)28-14-12-27(13-15-28)22(29)21-9-6-16-30-21/h4-5,7-8,21,26H,3,6,9-16H2,1-2H3,(H,24,25). The molecule has 4 rings (SSSR count). The number of benzene rings is 1. The Morgan fingerprint density at radius 3 is 2.73 bits per heavy atom. The number of nitrogens with zero attached hydrogens (tertiary/aromatic N) is 3. The molecule has 3 heterocycles. The summed E-state index contributed by atoms with van der Waals surface area (Å²) in [4.78, 5) is 25.2. The average Bonchev–Trinajstić information content (AvgIpc) is 3.41. The summed E-state index contributed by atoms with van der Waals surface area (Å²) in [6.07, 6.45) is 2.53. The molecule has 0 bridgehead atoms. The zero-order chi connectivity index (χ0) is 20.9. The third kappa shape index (κ3) is 4.46. The quantitative estimate of drug-likeness (QED) is 0.585. The fraction of sp³-hybridized carbons (Fsp3) is 0.565. The second-order valence-corrected chi connectivity index (χ2v) is 8.07. The van der Waals surface area contributed by atoms with Crippen LogP contribution >= 0.6 is 0 Å². The third-order valence-corrected chi connectivity index (χ3v) is 6.08. The van der Waals surface area contributed by atoms with Crippen LogP contribution in [0, 0.1) is 6.92 Å². The molecule has 2 fully saturated rings. The van der Waals surface area contributed by atoms with Gasteiger partial charge >= 0.3 is 0 Å². The topological polar surface area (TPSA) is 73.0 Å².